The molecule has 0 saturated carbocycles. The fraction of sp³-hybridized carbons (Fsp3) is 0.129. The smallest absolute Gasteiger partial charge is 0.343 e. The summed E-state index contributed by atoms with van der Waals surface area (Å²) in [6.07, 6.45) is 1.49. The Morgan fingerprint density at radius 2 is 1.55 bits per heavy atom. The summed E-state index contributed by atoms with van der Waals surface area (Å²) in [5, 5.41) is 4.04. The van der Waals surface area contributed by atoms with Crippen molar-refractivity contribution >= 4 is 18.1 Å². The van der Waals surface area contributed by atoms with E-state index in [4.69, 9.17) is 14.2 Å². The maximum absolute atomic E-state index is 12.5. The first kappa shape index (κ1) is 26.2. The molecule has 7 heteroatoms. The lowest BCUT2D eigenvalue weighted by Gasteiger charge is -2.11. The molecule has 1 N–H and O–H groups in total. The van der Waals surface area contributed by atoms with Crippen LogP contribution in [0.2, 0.25) is 0 Å². The molecule has 4 aromatic rings. The molecule has 0 heterocycles. The standard InChI is InChI=1S/C31H28N2O5/c1-3-36-29-19-24(13-18-28(29)38-31(35)26-7-5-4-6-8-26)20-32-33-30(34)25-14-16-27(17-15-25)37-21-23-11-9-22(2)10-12-23/h4-20H,3,21H2,1-2H3,(H,33,34)/b32-20-. The van der Waals surface area contributed by atoms with Gasteiger partial charge < -0.3 is 14.2 Å². The van der Waals surface area contributed by atoms with Crippen LogP contribution in [0.4, 0.5) is 0 Å². The second-order valence-electron chi connectivity index (χ2n) is 8.39. The number of amides is 1. The summed E-state index contributed by atoms with van der Waals surface area (Å²) >= 11 is 0. The number of carbonyl (C=O) groups excluding carboxylic acids is 2. The maximum Gasteiger partial charge on any atom is 0.343 e. The number of rotatable bonds is 10. The van der Waals surface area contributed by atoms with E-state index in [0.29, 0.717) is 47.2 Å². The van der Waals surface area contributed by atoms with E-state index >= 15 is 0 Å². The molecule has 0 aromatic heterocycles. The number of hydrogen-bond donors (Lipinski definition) is 1. The zero-order valence-corrected chi connectivity index (χ0v) is 21.2. The number of esters is 1. The molecule has 4 rings (SSSR count). The van der Waals surface area contributed by atoms with Crippen LogP contribution in [0.15, 0.2) is 102 Å². The van der Waals surface area contributed by atoms with Gasteiger partial charge in [-0.15, -0.1) is 0 Å². The van der Waals surface area contributed by atoms with Gasteiger partial charge in [0.25, 0.3) is 5.91 Å². The summed E-state index contributed by atoms with van der Waals surface area (Å²) in [5.74, 6) is 0.526. The summed E-state index contributed by atoms with van der Waals surface area (Å²) in [5.41, 5.74) is 6.33. The minimum atomic E-state index is -0.480. The minimum absolute atomic E-state index is 0.298. The van der Waals surface area contributed by atoms with E-state index in [1.54, 1.807) is 66.7 Å². The van der Waals surface area contributed by atoms with Crippen molar-refractivity contribution in [1.29, 1.82) is 0 Å². The van der Waals surface area contributed by atoms with Crippen molar-refractivity contribution in [2.45, 2.75) is 20.5 Å². The van der Waals surface area contributed by atoms with Gasteiger partial charge in [0.05, 0.1) is 18.4 Å². The number of aryl methyl sites for hydroxylation is 1. The molecule has 192 valence electrons. The second kappa shape index (κ2) is 12.9. The molecule has 0 atom stereocenters. The van der Waals surface area contributed by atoms with Crippen LogP contribution in [0.1, 0.15) is 44.3 Å². The Morgan fingerprint density at radius 3 is 2.26 bits per heavy atom. The fourth-order valence-electron chi connectivity index (χ4n) is 3.47. The number of nitrogens with one attached hydrogen (secondary N) is 1. The van der Waals surface area contributed by atoms with Gasteiger partial charge in [-0.25, -0.2) is 10.2 Å². The normalized spacial score (nSPS) is 10.7. The SMILES string of the molecule is CCOc1cc(/C=N\NC(=O)c2ccc(OCc3ccc(C)cc3)cc2)ccc1OC(=O)c1ccccc1. The lowest BCUT2D eigenvalue weighted by atomic mass is 10.2. The van der Waals surface area contributed by atoms with Crippen molar-refractivity contribution in [1.82, 2.24) is 5.43 Å². The maximum atomic E-state index is 12.5. The van der Waals surface area contributed by atoms with Gasteiger partial charge in [-0.2, -0.15) is 5.10 Å². The molecule has 0 aliphatic heterocycles. The van der Waals surface area contributed by atoms with Gasteiger partial charge in [0.2, 0.25) is 0 Å². The average Bonchev–Trinajstić information content (AvgIpc) is 2.95. The van der Waals surface area contributed by atoms with Crippen LogP contribution >= 0.6 is 0 Å². The molecule has 1 amide bonds. The first-order chi connectivity index (χ1) is 18.5. The van der Waals surface area contributed by atoms with Gasteiger partial charge in [0.15, 0.2) is 11.5 Å². The molecular weight excluding hydrogens is 480 g/mol. The van der Waals surface area contributed by atoms with Crippen molar-refractivity contribution in [3.05, 3.63) is 125 Å². The van der Waals surface area contributed by atoms with Crippen LogP contribution in [0.25, 0.3) is 0 Å². The average molecular weight is 509 g/mol. The minimum Gasteiger partial charge on any atom is -0.490 e. The Hall–Kier alpha value is -4.91. The second-order valence-corrected chi connectivity index (χ2v) is 8.39. The van der Waals surface area contributed by atoms with Crippen LogP contribution in [0.5, 0.6) is 17.2 Å². The molecule has 0 aliphatic rings. The highest BCUT2D eigenvalue weighted by Gasteiger charge is 2.13. The predicted octanol–water partition coefficient (Wildman–Crippen LogP) is 5.96. The van der Waals surface area contributed by atoms with E-state index in [2.05, 4.69) is 10.5 Å². The van der Waals surface area contributed by atoms with Crippen molar-refractivity contribution in [3.63, 3.8) is 0 Å². The third kappa shape index (κ3) is 7.30. The highest BCUT2D eigenvalue weighted by molar-refractivity contribution is 5.95. The molecule has 38 heavy (non-hydrogen) atoms. The molecule has 4 aromatic carbocycles. The topological polar surface area (TPSA) is 86.2 Å². The van der Waals surface area contributed by atoms with Gasteiger partial charge in [-0.3, -0.25) is 4.79 Å². The largest absolute Gasteiger partial charge is 0.490 e. The summed E-state index contributed by atoms with van der Waals surface area (Å²) in [7, 11) is 0. The summed E-state index contributed by atoms with van der Waals surface area (Å²) < 4.78 is 16.9. The number of nitrogens with zero attached hydrogens (tertiary/aromatic N) is 1. The Bertz CT molecular complexity index is 1400. The zero-order chi connectivity index (χ0) is 26.7. The number of hydrazone groups is 1. The Balaban J connectivity index is 1.33. The predicted molar refractivity (Wildman–Crippen MR) is 146 cm³/mol. The van der Waals surface area contributed by atoms with Crippen LogP contribution in [0, 0.1) is 6.92 Å². The fourth-order valence-corrected chi connectivity index (χ4v) is 3.47. The molecular formula is C31H28N2O5. The first-order valence-electron chi connectivity index (χ1n) is 12.2. The van der Waals surface area contributed by atoms with E-state index in [1.807, 2.05) is 44.2 Å². The monoisotopic (exact) mass is 508 g/mol. The molecule has 0 aliphatic carbocycles. The third-order valence-electron chi connectivity index (χ3n) is 5.50. The van der Waals surface area contributed by atoms with Gasteiger partial charge in [-0.1, -0.05) is 48.0 Å². The van der Waals surface area contributed by atoms with Gasteiger partial charge in [-0.05, 0) is 79.6 Å². The Kier molecular flexibility index (Phi) is 8.86. The number of hydrogen-bond acceptors (Lipinski definition) is 6. The van der Waals surface area contributed by atoms with Crippen LogP contribution < -0.4 is 19.6 Å². The van der Waals surface area contributed by atoms with Gasteiger partial charge in [0, 0.05) is 5.56 Å². The van der Waals surface area contributed by atoms with Crippen molar-refractivity contribution in [2.75, 3.05) is 6.61 Å². The highest BCUT2D eigenvalue weighted by atomic mass is 16.6. The van der Waals surface area contributed by atoms with Crippen LogP contribution in [-0.4, -0.2) is 24.7 Å². The van der Waals surface area contributed by atoms with Crippen LogP contribution in [0.3, 0.4) is 0 Å². The molecule has 0 spiro atoms. The molecule has 0 fully saturated rings. The number of benzene rings is 4. The Labute approximate surface area is 221 Å². The van der Waals surface area contributed by atoms with E-state index in [9.17, 15) is 9.59 Å². The van der Waals surface area contributed by atoms with Gasteiger partial charge >= 0.3 is 5.97 Å². The van der Waals surface area contributed by atoms with Crippen molar-refractivity contribution in [2.24, 2.45) is 5.10 Å². The van der Waals surface area contributed by atoms with E-state index in [1.165, 1.54) is 11.8 Å². The molecule has 0 unspecified atom stereocenters. The molecule has 0 bridgehead atoms. The lowest BCUT2D eigenvalue weighted by molar-refractivity contribution is 0.0728. The molecule has 7 nitrogen and oxygen atoms in total. The number of carbonyl (C=O) groups is 2. The van der Waals surface area contributed by atoms with Crippen molar-refractivity contribution < 1.29 is 23.8 Å². The quantitative estimate of drug-likeness (QED) is 0.124. The van der Waals surface area contributed by atoms with Crippen molar-refractivity contribution in [3.8, 4) is 17.2 Å². The third-order valence-corrected chi connectivity index (χ3v) is 5.50. The Morgan fingerprint density at radius 1 is 0.816 bits per heavy atom. The highest BCUT2D eigenvalue weighted by Crippen LogP contribution is 2.29. The summed E-state index contributed by atoms with van der Waals surface area (Å²) in [4.78, 5) is 24.9. The van der Waals surface area contributed by atoms with E-state index < -0.39 is 5.97 Å². The molecule has 0 radical (unpaired) electrons. The van der Waals surface area contributed by atoms with E-state index in [-0.39, 0.29) is 5.91 Å². The van der Waals surface area contributed by atoms with Crippen LogP contribution in [-0.2, 0) is 6.61 Å². The lowest BCUT2D eigenvalue weighted by Crippen LogP contribution is -2.17. The molecule has 0 saturated heterocycles. The zero-order valence-electron chi connectivity index (χ0n) is 21.2. The van der Waals surface area contributed by atoms with Gasteiger partial charge in [0.1, 0.15) is 12.4 Å². The first-order valence-corrected chi connectivity index (χ1v) is 12.2. The summed E-state index contributed by atoms with van der Waals surface area (Å²) in [6.45, 7) is 4.71. The summed E-state index contributed by atoms with van der Waals surface area (Å²) in [6, 6.07) is 28.7. The van der Waals surface area contributed by atoms with E-state index in [0.717, 1.165) is 5.56 Å². The number of ether oxygens (including phenoxy) is 3.